The minimum absolute atomic E-state index is 0.115. The lowest BCUT2D eigenvalue weighted by atomic mass is 9.65. The van der Waals surface area contributed by atoms with Gasteiger partial charge in [0, 0.05) is 23.9 Å². The van der Waals surface area contributed by atoms with Gasteiger partial charge >= 0.3 is 6.09 Å². The van der Waals surface area contributed by atoms with E-state index in [4.69, 9.17) is 11.2 Å². The molecule has 18 heavy (non-hydrogen) atoms. The number of hydrogen-bond donors (Lipinski definition) is 0. The Morgan fingerprint density at radius 3 is 2.61 bits per heavy atom. The van der Waals surface area contributed by atoms with Gasteiger partial charge in [-0.25, -0.2) is 4.79 Å². The van der Waals surface area contributed by atoms with E-state index in [0.717, 1.165) is 25.8 Å². The van der Waals surface area contributed by atoms with Gasteiger partial charge in [-0.15, -0.1) is 6.42 Å². The van der Waals surface area contributed by atoms with Gasteiger partial charge in [-0.1, -0.05) is 5.92 Å². The topological polar surface area (TPSA) is 29.5 Å². The van der Waals surface area contributed by atoms with E-state index in [1.165, 1.54) is 0 Å². The molecule has 1 unspecified atom stereocenters. The lowest BCUT2D eigenvalue weighted by Crippen LogP contribution is -2.46. The number of fused-ring (bicyclic) bond motifs is 1. The number of carbonyl (C=O) groups is 1. The quantitative estimate of drug-likeness (QED) is 0.667. The fraction of sp³-hybridized carbons (Fsp3) is 0.800. The van der Waals surface area contributed by atoms with E-state index in [1.807, 2.05) is 25.7 Å². The minimum Gasteiger partial charge on any atom is -0.444 e. The summed E-state index contributed by atoms with van der Waals surface area (Å²) in [5.41, 5.74) is -0.298. The average Bonchev–Trinajstić information content (AvgIpc) is 2.74. The third-order valence-electron chi connectivity index (χ3n) is 4.64. The lowest BCUT2D eigenvalue weighted by Gasteiger charge is -2.40. The van der Waals surface area contributed by atoms with Gasteiger partial charge in [0.1, 0.15) is 5.60 Å². The van der Waals surface area contributed by atoms with E-state index in [0.29, 0.717) is 17.9 Å². The predicted molar refractivity (Wildman–Crippen MR) is 68.8 cm³/mol. The zero-order valence-corrected chi connectivity index (χ0v) is 11.4. The van der Waals surface area contributed by atoms with Crippen LogP contribution < -0.4 is 0 Å². The van der Waals surface area contributed by atoms with Crippen molar-refractivity contribution in [2.45, 2.75) is 51.7 Å². The Balaban J connectivity index is 1.69. The molecule has 3 nitrogen and oxygen atoms in total. The van der Waals surface area contributed by atoms with Crippen LogP contribution in [0.1, 0.15) is 40.0 Å². The van der Waals surface area contributed by atoms with E-state index >= 15 is 0 Å². The molecule has 2 aliphatic heterocycles. The van der Waals surface area contributed by atoms with E-state index < -0.39 is 5.60 Å². The number of rotatable bonds is 1. The van der Waals surface area contributed by atoms with E-state index in [1.54, 1.807) is 0 Å². The SMILES string of the molecule is C#CC1(C2[C@H]3C[C@@H]2N(C(=O)OC(C)(C)C)C3)CC1. The molecule has 3 heteroatoms. The van der Waals surface area contributed by atoms with Gasteiger partial charge in [-0.3, -0.25) is 0 Å². The normalized spacial score (nSPS) is 35.7. The Labute approximate surface area is 109 Å². The van der Waals surface area contributed by atoms with E-state index in [-0.39, 0.29) is 11.5 Å². The summed E-state index contributed by atoms with van der Waals surface area (Å²) in [7, 11) is 0. The van der Waals surface area contributed by atoms with Crippen LogP contribution in [0.3, 0.4) is 0 Å². The average molecular weight is 247 g/mol. The summed E-state index contributed by atoms with van der Waals surface area (Å²) >= 11 is 0. The Hall–Kier alpha value is -1.17. The molecule has 4 fully saturated rings. The molecule has 0 aromatic carbocycles. The molecule has 2 saturated carbocycles. The van der Waals surface area contributed by atoms with Crippen LogP contribution in [-0.2, 0) is 4.74 Å². The highest BCUT2D eigenvalue weighted by molar-refractivity contribution is 5.70. The summed E-state index contributed by atoms with van der Waals surface area (Å²) in [6.45, 7) is 6.57. The van der Waals surface area contributed by atoms with Crippen molar-refractivity contribution in [3.8, 4) is 12.3 Å². The number of carbonyl (C=O) groups excluding carboxylic acids is 1. The first-order chi connectivity index (χ1) is 8.36. The number of nitrogens with zero attached hydrogens (tertiary/aromatic N) is 1. The molecule has 2 heterocycles. The van der Waals surface area contributed by atoms with Gasteiger partial charge in [0.2, 0.25) is 0 Å². The molecule has 0 radical (unpaired) electrons. The molecule has 3 atom stereocenters. The van der Waals surface area contributed by atoms with Crippen molar-refractivity contribution in [1.29, 1.82) is 0 Å². The smallest absolute Gasteiger partial charge is 0.410 e. The fourth-order valence-electron chi connectivity index (χ4n) is 3.68. The van der Waals surface area contributed by atoms with Crippen LogP contribution in [0.2, 0.25) is 0 Å². The van der Waals surface area contributed by atoms with Crippen molar-refractivity contribution in [3.63, 3.8) is 0 Å². The molecule has 0 N–H and O–H groups in total. The maximum atomic E-state index is 12.1. The first-order valence-electron chi connectivity index (χ1n) is 6.84. The Morgan fingerprint density at radius 2 is 2.11 bits per heavy atom. The van der Waals surface area contributed by atoms with Crippen molar-refractivity contribution in [3.05, 3.63) is 0 Å². The monoisotopic (exact) mass is 247 g/mol. The molecule has 0 spiro atoms. The van der Waals surface area contributed by atoms with Crippen molar-refractivity contribution in [1.82, 2.24) is 4.90 Å². The van der Waals surface area contributed by atoms with Crippen LogP contribution in [-0.4, -0.2) is 29.2 Å². The maximum Gasteiger partial charge on any atom is 0.410 e. The molecule has 4 aliphatic rings. The number of ether oxygens (including phenoxy) is 1. The van der Waals surface area contributed by atoms with Gasteiger partial charge in [0.15, 0.2) is 0 Å². The van der Waals surface area contributed by atoms with E-state index in [9.17, 15) is 4.79 Å². The van der Waals surface area contributed by atoms with Crippen molar-refractivity contribution in [2.24, 2.45) is 17.3 Å². The van der Waals surface area contributed by atoms with Crippen LogP contribution in [0.15, 0.2) is 0 Å². The summed E-state index contributed by atoms with van der Waals surface area (Å²) < 4.78 is 5.47. The van der Waals surface area contributed by atoms with Crippen LogP contribution >= 0.6 is 0 Å². The molecule has 1 amide bonds. The molecular formula is C15H21NO2. The maximum absolute atomic E-state index is 12.1. The van der Waals surface area contributed by atoms with Crippen LogP contribution in [0.25, 0.3) is 0 Å². The van der Waals surface area contributed by atoms with Gasteiger partial charge in [0.25, 0.3) is 0 Å². The van der Waals surface area contributed by atoms with Crippen LogP contribution in [0, 0.1) is 29.6 Å². The number of amides is 1. The second-order valence-corrected chi connectivity index (χ2v) is 7.02. The summed E-state index contributed by atoms with van der Waals surface area (Å²) in [5.74, 6) is 4.13. The fourth-order valence-corrected chi connectivity index (χ4v) is 3.68. The van der Waals surface area contributed by atoms with Gasteiger partial charge in [-0.2, -0.15) is 0 Å². The Morgan fingerprint density at radius 1 is 1.44 bits per heavy atom. The molecule has 98 valence electrons. The standard InChI is InChI=1S/C15H21NO2/c1-5-15(6-7-15)12-10-8-11(12)16(9-10)13(17)18-14(2,3)4/h1,10-12H,6-9H2,2-4H3/t10-,11-,12?/m0/s1. The molecule has 2 bridgehead atoms. The summed E-state index contributed by atoms with van der Waals surface area (Å²) in [5, 5.41) is 0. The second-order valence-electron chi connectivity index (χ2n) is 7.02. The van der Waals surface area contributed by atoms with Gasteiger partial charge in [0.05, 0.1) is 0 Å². The van der Waals surface area contributed by atoms with E-state index in [2.05, 4.69) is 5.92 Å². The molecule has 2 aliphatic carbocycles. The number of hydrogen-bond acceptors (Lipinski definition) is 2. The zero-order valence-electron chi connectivity index (χ0n) is 11.4. The molecule has 0 aromatic rings. The third kappa shape index (κ3) is 1.62. The molecule has 2 saturated heterocycles. The highest BCUT2D eigenvalue weighted by Crippen LogP contribution is 2.64. The highest BCUT2D eigenvalue weighted by atomic mass is 16.6. The van der Waals surface area contributed by atoms with Crippen LogP contribution in [0.4, 0.5) is 4.79 Å². The zero-order chi connectivity index (χ0) is 13.1. The molecule has 4 rings (SSSR count). The summed E-state index contributed by atoms with van der Waals surface area (Å²) in [6, 6.07) is 0.336. The van der Waals surface area contributed by atoms with Gasteiger partial charge < -0.3 is 9.64 Å². The first-order valence-corrected chi connectivity index (χ1v) is 6.84. The van der Waals surface area contributed by atoms with Crippen molar-refractivity contribution in [2.75, 3.05) is 6.54 Å². The summed E-state index contributed by atoms with van der Waals surface area (Å²) in [6.07, 6.45) is 8.91. The van der Waals surface area contributed by atoms with Crippen molar-refractivity contribution >= 4 is 6.09 Å². The lowest BCUT2D eigenvalue weighted by molar-refractivity contribution is 0.0167. The Kier molecular flexibility index (Phi) is 2.27. The van der Waals surface area contributed by atoms with Crippen molar-refractivity contribution < 1.29 is 9.53 Å². The third-order valence-corrected chi connectivity index (χ3v) is 4.64. The highest BCUT2D eigenvalue weighted by Gasteiger charge is 2.65. The van der Waals surface area contributed by atoms with Crippen LogP contribution in [0.5, 0.6) is 0 Å². The van der Waals surface area contributed by atoms with Gasteiger partial charge in [-0.05, 0) is 46.0 Å². The Bertz CT molecular complexity index is 425. The molecule has 0 aromatic heterocycles. The second kappa shape index (κ2) is 3.44. The number of terminal acetylenes is 1. The summed E-state index contributed by atoms with van der Waals surface area (Å²) in [4.78, 5) is 14.0. The largest absolute Gasteiger partial charge is 0.444 e. The first kappa shape index (κ1) is 11.9. The molecular weight excluding hydrogens is 226 g/mol. The predicted octanol–water partition coefficient (Wildman–Crippen LogP) is 2.66. The minimum atomic E-state index is -0.414.